The fraction of sp³-hybridized carbons (Fsp3) is 0.333. The number of aromatic nitrogens is 2. The van der Waals surface area contributed by atoms with Crippen LogP contribution in [0.15, 0.2) is 41.4 Å². The normalized spacial score (nSPS) is 11.1. The molecule has 2 aromatic rings. The van der Waals surface area contributed by atoms with Crippen LogP contribution in [0.4, 0.5) is 11.5 Å². The second-order valence-electron chi connectivity index (χ2n) is 4.38. The summed E-state index contributed by atoms with van der Waals surface area (Å²) in [7, 11) is 3.78. The summed E-state index contributed by atoms with van der Waals surface area (Å²) in [4.78, 5) is 11.1. The van der Waals surface area contributed by atoms with Gasteiger partial charge in [-0.1, -0.05) is 18.2 Å². The van der Waals surface area contributed by atoms with Gasteiger partial charge in [0.05, 0.1) is 0 Å². The molecule has 1 aromatic heterocycles. The van der Waals surface area contributed by atoms with E-state index in [9.17, 15) is 0 Å². The topological polar surface area (TPSA) is 33.4 Å². The lowest BCUT2D eigenvalue weighted by molar-refractivity contribution is 0.747. The van der Waals surface area contributed by atoms with Crippen LogP contribution >= 0.6 is 12.4 Å². The Kier molecular flexibility index (Phi) is 5.77. The lowest BCUT2D eigenvalue weighted by Crippen LogP contribution is -2.26. The van der Waals surface area contributed by atoms with Gasteiger partial charge in [0.25, 0.3) is 0 Å². The highest BCUT2D eigenvalue weighted by molar-refractivity contribution is 5.85. The van der Waals surface area contributed by atoms with Crippen molar-refractivity contribution < 1.29 is 0 Å². The Hall–Kier alpha value is -1.81. The van der Waals surface area contributed by atoms with E-state index in [1.807, 2.05) is 42.8 Å². The SMILES string of the molecule is CCN(c1ccccc1)c1c/c(=N\C)n(C)c(C)n1.Cl. The van der Waals surface area contributed by atoms with Crippen molar-refractivity contribution in [2.45, 2.75) is 13.8 Å². The second-order valence-corrected chi connectivity index (χ2v) is 4.38. The quantitative estimate of drug-likeness (QED) is 0.871. The number of aryl methyl sites for hydroxylation is 1. The van der Waals surface area contributed by atoms with E-state index in [1.54, 1.807) is 7.05 Å². The largest absolute Gasteiger partial charge is 0.326 e. The maximum Gasteiger partial charge on any atom is 0.138 e. The molecule has 0 atom stereocenters. The minimum atomic E-state index is 0. The number of anilines is 2. The lowest BCUT2D eigenvalue weighted by Gasteiger charge is -2.23. The highest BCUT2D eigenvalue weighted by atomic mass is 35.5. The Morgan fingerprint density at radius 3 is 2.45 bits per heavy atom. The molecule has 0 aliphatic heterocycles. The van der Waals surface area contributed by atoms with E-state index in [0.717, 1.165) is 29.4 Å². The van der Waals surface area contributed by atoms with Crippen molar-refractivity contribution in [3.8, 4) is 0 Å². The number of halogens is 1. The molecule has 0 amide bonds. The molecular formula is C15H21ClN4. The molecule has 4 nitrogen and oxygen atoms in total. The van der Waals surface area contributed by atoms with Gasteiger partial charge in [-0.2, -0.15) is 0 Å². The summed E-state index contributed by atoms with van der Waals surface area (Å²) in [6.07, 6.45) is 0. The van der Waals surface area contributed by atoms with Crippen molar-refractivity contribution in [3.05, 3.63) is 47.7 Å². The van der Waals surface area contributed by atoms with E-state index in [2.05, 4.69) is 33.9 Å². The molecule has 0 fully saturated rings. The number of hydrogen-bond acceptors (Lipinski definition) is 3. The summed E-state index contributed by atoms with van der Waals surface area (Å²) in [5.41, 5.74) is 2.07. The molecule has 108 valence electrons. The Balaban J connectivity index is 0.00000200. The third kappa shape index (κ3) is 3.20. The third-order valence-corrected chi connectivity index (χ3v) is 3.25. The molecule has 5 heteroatoms. The summed E-state index contributed by atoms with van der Waals surface area (Å²) >= 11 is 0. The van der Waals surface area contributed by atoms with Gasteiger partial charge >= 0.3 is 0 Å². The minimum Gasteiger partial charge on any atom is -0.326 e. The molecule has 0 aliphatic rings. The molecule has 0 bridgehead atoms. The van der Waals surface area contributed by atoms with E-state index in [-0.39, 0.29) is 12.4 Å². The van der Waals surface area contributed by atoms with Crippen LogP contribution in [0.3, 0.4) is 0 Å². The summed E-state index contributed by atoms with van der Waals surface area (Å²) in [6.45, 7) is 4.99. The number of para-hydroxylation sites is 1. The molecule has 20 heavy (non-hydrogen) atoms. The first-order valence-electron chi connectivity index (χ1n) is 6.47. The maximum atomic E-state index is 4.66. The van der Waals surface area contributed by atoms with Gasteiger partial charge in [0, 0.05) is 32.4 Å². The van der Waals surface area contributed by atoms with Crippen molar-refractivity contribution in [2.75, 3.05) is 18.5 Å². The Bertz CT molecular complexity index is 620. The second kappa shape index (κ2) is 7.10. The van der Waals surface area contributed by atoms with Crippen LogP contribution in [0.1, 0.15) is 12.7 Å². The molecule has 0 saturated heterocycles. The third-order valence-electron chi connectivity index (χ3n) is 3.25. The number of benzene rings is 1. The van der Waals surface area contributed by atoms with Gasteiger partial charge in [-0.05, 0) is 26.0 Å². The van der Waals surface area contributed by atoms with Gasteiger partial charge in [0.2, 0.25) is 0 Å². The number of nitrogens with zero attached hydrogens (tertiary/aromatic N) is 4. The molecule has 0 radical (unpaired) electrons. The summed E-state index contributed by atoms with van der Waals surface area (Å²) < 4.78 is 1.99. The monoisotopic (exact) mass is 292 g/mol. The molecule has 0 N–H and O–H groups in total. The van der Waals surface area contributed by atoms with E-state index in [0.29, 0.717) is 0 Å². The highest BCUT2D eigenvalue weighted by Gasteiger charge is 2.10. The highest BCUT2D eigenvalue weighted by Crippen LogP contribution is 2.21. The standard InChI is InChI=1S/C15H20N4.ClH/c1-5-19(13-9-7-6-8-10-13)15-11-14(16-3)18(4)12(2)17-15;/h6-11H,5H2,1-4H3;1H/b16-14+;. The van der Waals surface area contributed by atoms with Crippen molar-refractivity contribution >= 4 is 23.9 Å². The van der Waals surface area contributed by atoms with E-state index in [1.165, 1.54) is 0 Å². The van der Waals surface area contributed by atoms with Crippen molar-refractivity contribution in [2.24, 2.45) is 12.0 Å². The Morgan fingerprint density at radius 2 is 1.90 bits per heavy atom. The molecular weight excluding hydrogens is 272 g/mol. The Labute approximate surface area is 126 Å². The fourth-order valence-corrected chi connectivity index (χ4v) is 2.09. The first-order valence-corrected chi connectivity index (χ1v) is 6.47. The molecule has 1 aromatic carbocycles. The summed E-state index contributed by atoms with van der Waals surface area (Å²) in [5, 5.41) is 0. The van der Waals surface area contributed by atoms with Gasteiger partial charge in [-0.25, -0.2) is 4.98 Å². The van der Waals surface area contributed by atoms with Crippen molar-refractivity contribution in [1.29, 1.82) is 0 Å². The Morgan fingerprint density at radius 1 is 1.25 bits per heavy atom. The van der Waals surface area contributed by atoms with Crippen molar-refractivity contribution in [3.63, 3.8) is 0 Å². The van der Waals surface area contributed by atoms with Gasteiger partial charge in [0.1, 0.15) is 17.1 Å². The molecule has 0 saturated carbocycles. The van der Waals surface area contributed by atoms with E-state index < -0.39 is 0 Å². The zero-order valence-electron chi connectivity index (χ0n) is 12.4. The van der Waals surface area contributed by atoms with E-state index >= 15 is 0 Å². The lowest BCUT2D eigenvalue weighted by atomic mass is 10.3. The fourth-order valence-electron chi connectivity index (χ4n) is 2.09. The van der Waals surface area contributed by atoms with Crippen molar-refractivity contribution in [1.82, 2.24) is 9.55 Å². The van der Waals surface area contributed by atoms with Crippen LogP contribution in [0.5, 0.6) is 0 Å². The first-order chi connectivity index (χ1) is 9.17. The number of hydrogen-bond donors (Lipinski definition) is 0. The molecule has 2 rings (SSSR count). The predicted molar refractivity (Wildman–Crippen MR) is 85.8 cm³/mol. The van der Waals surface area contributed by atoms with E-state index in [4.69, 9.17) is 0 Å². The molecule has 0 aliphatic carbocycles. The van der Waals surface area contributed by atoms with Crippen LogP contribution in [-0.4, -0.2) is 23.1 Å². The summed E-state index contributed by atoms with van der Waals surface area (Å²) in [5.74, 6) is 1.89. The molecule has 1 heterocycles. The maximum absolute atomic E-state index is 4.66. The van der Waals surface area contributed by atoms with Crippen LogP contribution in [0.25, 0.3) is 0 Å². The molecule has 0 unspecified atom stereocenters. The zero-order valence-corrected chi connectivity index (χ0v) is 13.2. The van der Waals surface area contributed by atoms with Gasteiger partial charge in [0.15, 0.2) is 0 Å². The van der Waals surface area contributed by atoms with Crippen LogP contribution in [0, 0.1) is 6.92 Å². The summed E-state index contributed by atoms with van der Waals surface area (Å²) in [6, 6.07) is 12.3. The smallest absolute Gasteiger partial charge is 0.138 e. The van der Waals surface area contributed by atoms with Gasteiger partial charge in [-0.3, -0.25) is 4.99 Å². The average molecular weight is 293 g/mol. The zero-order chi connectivity index (χ0) is 13.8. The van der Waals surface area contributed by atoms with Crippen LogP contribution in [-0.2, 0) is 7.05 Å². The average Bonchev–Trinajstić information content (AvgIpc) is 2.44. The van der Waals surface area contributed by atoms with Crippen LogP contribution < -0.4 is 10.4 Å². The van der Waals surface area contributed by atoms with Gasteiger partial charge in [-0.15, -0.1) is 12.4 Å². The first kappa shape index (κ1) is 16.2. The van der Waals surface area contributed by atoms with Gasteiger partial charge < -0.3 is 9.47 Å². The predicted octanol–water partition coefficient (Wildman–Crippen LogP) is 2.84. The minimum absolute atomic E-state index is 0. The van der Waals surface area contributed by atoms with Crippen LogP contribution in [0.2, 0.25) is 0 Å². The number of rotatable bonds is 3. The molecule has 0 spiro atoms.